The van der Waals surface area contributed by atoms with Crippen molar-refractivity contribution in [2.24, 2.45) is 16.5 Å². The number of rotatable bonds is 6. The van der Waals surface area contributed by atoms with Gasteiger partial charge in [-0.25, -0.2) is 0 Å². The molecule has 0 aromatic carbocycles. The molecule has 0 bridgehead atoms. The van der Waals surface area contributed by atoms with Gasteiger partial charge in [0.05, 0.1) is 11.9 Å². The molecule has 6 N–H and O–H groups in total. The lowest BCUT2D eigenvalue weighted by Gasteiger charge is -2.18. The summed E-state index contributed by atoms with van der Waals surface area (Å²) in [7, 11) is 0. The standard InChI is InChI=1S/C9H18N8O/c1-3-4-6(12-5(2)10)7(11)8(18)13-9-14-16-17-15-9/h6-7H,3-4,11H2,1-2H3,(H2,10,12)(H2,13,14,15,16,17,18)/t6?,7-/m0/s1. The van der Waals surface area contributed by atoms with Gasteiger partial charge in [0.1, 0.15) is 6.04 Å². The van der Waals surface area contributed by atoms with Crippen LogP contribution in [-0.2, 0) is 4.79 Å². The Bertz CT molecular complexity index is 397. The first-order chi connectivity index (χ1) is 8.54. The Morgan fingerprint density at radius 2 is 2.33 bits per heavy atom. The van der Waals surface area contributed by atoms with Crippen LogP contribution in [0.2, 0.25) is 0 Å². The van der Waals surface area contributed by atoms with E-state index in [9.17, 15) is 4.79 Å². The highest BCUT2D eigenvalue weighted by Gasteiger charge is 2.24. The summed E-state index contributed by atoms with van der Waals surface area (Å²) in [5.74, 6) is 0.0651. The quantitative estimate of drug-likeness (QED) is 0.378. The summed E-state index contributed by atoms with van der Waals surface area (Å²) in [6, 6.07) is -1.16. The van der Waals surface area contributed by atoms with E-state index in [-0.39, 0.29) is 12.0 Å². The fourth-order valence-electron chi connectivity index (χ4n) is 1.46. The molecule has 1 aromatic heterocycles. The second-order valence-corrected chi connectivity index (χ2v) is 3.88. The number of hydrogen-bond acceptors (Lipinski definition) is 6. The molecule has 0 aliphatic heterocycles. The first-order valence-corrected chi connectivity index (χ1v) is 5.64. The number of carbonyl (C=O) groups excluding carboxylic acids is 1. The second-order valence-electron chi connectivity index (χ2n) is 3.88. The smallest absolute Gasteiger partial charge is 0.269 e. The molecule has 1 heterocycles. The van der Waals surface area contributed by atoms with Gasteiger partial charge in [0, 0.05) is 0 Å². The highest BCUT2D eigenvalue weighted by molar-refractivity contribution is 5.94. The summed E-state index contributed by atoms with van der Waals surface area (Å²) in [4.78, 5) is 16.0. The zero-order valence-corrected chi connectivity index (χ0v) is 10.4. The Kier molecular flexibility index (Phi) is 5.18. The van der Waals surface area contributed by atoms with E-state index in [2.05, 4.69) is 30.9 Å². The number of H-pyrrole nitrogens is 1. The Morgan fingerprint density at radius 3 is 2.83 bits per heavy atom. The van der Waals surface area contributed by atoms with E-state index >= 15 is 0 Å². The zero-order valence-electron chi connectivity index (χ0n) is 10.4. The van der Waals surface area contributed by atoms with Crippen molar-refractivity contribution in [3.63, 3.8) is 0 Å². The first kappa shape index (κ1) is 14.0. The Hall–Kier alpha value is -2.03. The van der Waals surface area contributed by atoms with Gasteiger partial charge in [-0.3, -0.25) is 15.1 Å². The van der Waals surface area contributed by atoms with Gasteiger partial charge in [0.2, 0.25) is 5.91 Å². The lowest BCUT2D eigenvalue weighted by Crippen LogP contribution is -2.45. The largest absolute Gasteiger partial charge is 0.388 e. The van der Waals surface area contributed by atoms with Crippen molar-refractivity contribution >= 4 is 17.7 Å². The fourth-order valence-corrected chi connectivity index (χ4v) is 1.46. The molecule has 1 unspecified atom stereocenters. The van der Waals surface area contributed by atoms with Crippen LogP contribution in [0.25, 0.3) is 0 Å². The molecular formula is C9H18N8O. The molecule has 1 rings (SSSR count). The number of nitrogens with one attached hydrogen (secondary N) is 2. The maximum atomic E-state index is 11.8. The molecule has 2 atom stereocenters. The van der Waals surface area contributed by atoms with Gasteiger partial charge in [-0.15, -0.1) is 5.10 Å². The minimum absolute atomic E-state index is 0.0825. The number of amidine groups is 1. The summed E-state index contributed by atoms with van der Waals surface area (Å²) in [6.07, 6.45) is 1.53. The van der Waals surface area contributed by atoms with Crippen molar-refractivity contribution in [1.29, 1.82) is 0 Å². The molecule has 100 valence electrons. The SMILES string of the molecule is CCCC(N=C(C)N)[C@H](N)C(=O)Nc1nn[nH]n1. The zero-order chi connectivity index (χ0) is 13.5. The average molecular weight is 254 g/mol. The van der Waals surface area contributed by atoms with Crippen molar-refractivity contribution in [3.8, 4) is 0 Å². The van der Waals surface area contributed by atoms with E-state index in [1.165, 1.54) is 0 Å². The van der Waals surface area contributed by atoms with Crippen LogP contribution in [-0.4, -0.2) is 44.5 Å². The maximum absolute atomic E-state index is 11.8. The van der Waals surface area contributed by atoms with Crippen LogP contribution in [0, 0.1) is 0 Å². The summed E-state index contributed by atoms with van der Waals surface area (Å²) < 4.78 is 0. The van der Waals surface area contributed by atoms with Crippen LogP contribution < -0.4 is 16.8 Å². The van der Waals surface area contributed by atoms with Crippen molar-refractivity contribution in [2.45, 2.75) is 38.8 Å². The van der Waals surface area contributed by atoms with E-state index in [1.807, 2.05) is 6.92 Å². The number of aliphatic imine (C=N–C) groups is 1. The molecule has 0 aliphatic carbocycles. The van der Waals surface area contributed by atoms with Gasteiger partial charge in [-0.05, 0) is 18.6 Å². The van der Waals surface area contributed by atoms with Crippen LogP contribution >= 0.6 is 0 Å². The van der Waals surface area contributed by atoms with Gasteiger partial charge in [-0.2, -0.15) is 5.21 Å². The number of nitrogens with zero attached hydrogens (tertiary/aromatic N) is 4. The number of aromatic amines is 1. The number of amides is 1. The number of hydrogen-bond donors (Lipinski definition) is 4. The molecule has 0 saturated heterocycles. The van der Waals surface area contributed by atoms with Gasteiger partial charge >= 0.3 is 0 Å². The number of nitrogens with two attached hydrogens (primary N) is 2. The Labute approximate surface area is 104 Å². The van der Waals surface area contributed by atoms with Crippen LogP contribution in [0.15, 0.2) is 4.99 Å². The normalized spacial score (nSPS) is 15.2. The molecule has 0 saturated carbocycles. The predicted molar refractivity (Wildman–Crippen MR) is 66.8 cm³/mol. The monoisotopic (exact) mass is 254 g/mol. The van der Waals surface area contributed by atoms with Crippen molar-refractivity contribution < 1.29 is 4.79 Å². The molecule has 0 radical (unpaired) electrons. The minimum atomic E-state index is -0.804. The lowest BCUT2D eigenvalue weighted by molar-refractivity contribution is -0.117. The van der Waals surface area contributed by atoms with Crippen molar-refractivity contribution in [1.82, 2.24) is 20.6 Å². The molecule has 9 heteroatoms. The summed E-state index contributed by atoms with van der Waals surface area (Å²) in [5.41, 5.74) is 11.4. The topological polar surface area (TPSA) is 148 Å². The number of tetrazole rings is 1. The van der Waals surface area contributed by atoms with Gasteiger partial charge in [0.15, 0.2) is 0 Å². The third-order valence-electron chi connectivity index (χ3n) is 2.25. The third-order valence-corrected chi connectivity index (χ3v) is 2.25. The fraction of sp³-hybridized carbons (Fsp3) is 0.667. The molecule has 1 aromatic rings. The minimum Gasteiger partial charge on any atom is -0.388 e. The molecule has 0 aliphatic rings. The number of anilines is 1. The lowest BCUT2D eigenvalue weighted by atomic mass is 10.0. The van der Waals surface area contributed by atoms with Crippen LogP contribution in [0.4, 0.5) is 5.95 Å². The van der Waals surface area contributed by atoms with Crippen LogP contribution in [0.1, 0.15) is 26.7 Å². The van der Waals surface area contributed by atoms with E-state index in [4.69, 9.17) is 11.5 Å². The van der Waals surface area contributed by atoms with E-state index in [0.29, 0.717) is 12.3 Å². The molecule has 0 spiro atoms. The number of aromatic nitrogens is 4. The van der Waals surface area contributed by atoms with E-state index < -0.39 is 11.9 Å². The average Bonchev–Trinajstić information content (AvgIpc) is 2.79. The van der Waals surface area contributed by atoms with Gasteiger partial charge < -0.3 is 11.5 Å². The summed E-state index contributed by atoms with van der Waals surface area (Å²) in [5, 5.41) is 15.2. The van der Waals surface area contributed by atoms with Gasteiger partial charge in [-0.1, -0.05) is 18.4 Å². The Morgan fingerprint density at radius 1 is 1.61 bits per heavy atom. The van der Waals surface area contributed by atoms with E-state index in [0.717, 1.165) is 6.42 Å². The first-order valence-electron chi connectivity index (χ1n) is 5.64. The van der Waals surface area contributed by atoms with Crippen molar-refractivity contribution in [2.75, 3.05) is 5.32 Å². The highest BCUT2D eigenvalue weighted by Crippen LogP contribution is 2.07. The summed E-state index contributed by atoms with van der Waals surface area (Å²) in [6.45, 7) is 3.64. The van der Waals surface area contributed by atoms with Gasteiger partial charge in [0.25, 0.3) is 5.95 Å². The molecular weight excluding hydrogens is 236 g/mol. The molecule has 18 heavy (non-hydrogen) atoms. The van der Waals surface area contributed by atoms with E-state index in [1.54, 1.807) is 6.92 Å². The molecule has 1 amide bonds. The maximum Gasteiger partial charge on any atom is 0.269 e. The van der Waals surface area contributed by atoms with Crippen molar-refractivity contribution in [3.05, 3.63) is 0 Å². The predicted octanol–water partition coefficient (Wildman–Crippen LogP) is -0.989. The second kappa shape index (κ2) is 6.64. The van der Waals surface area contributed by atoms with Crippen LogP contribution in [0.3, 0.4) is 0 Å². The number of carbonyl (C=O) groups is 1. The van der Waals surface area contributed by atoms with Crippen LogP contribution in [0.5, 0.6) is 0 Å². The summed E-state index contributed by atoms with van der Waals surface area (Å²) >= 11 is 0. The third kappa shape index (κ3) is 4.09. The molecule has 9 nitrogen and oxygen atoms in total. The highest BCUT2D eigenvalue weighted by atomic mass is 16.2. The molecule has 0 fully saturated rings. The Balaban J connectivity index is 2.67.